The van der Waals surface area contributed by atoms with Gasteiger partial charge in [-0.2, -0.15) is 9.36 Å². The highest BCUT2D eigenvalue weighted by atomic mass is 16.2. The van der Waals surface area contributed by atoms with E-state index in [9.17, 15) is 9.59 Å². The summed E-state index contributed by atoms with van der Waals surface area (Å²) in [7, 11) is 0. The molecule has 7 nitrogen and oxygen atoms in total. The first-order chi connectivity index (χ1) is 9.63. The fraction of sp³-hybridized carbons (Fsp3) is 0.385. The van der Waals surface area contributed by atoms with Gasteiger partial charge in [0, 0.05) is 5.69 Å². The molecule has 1 saturated carbocycles. The molecular weight excluding hydrogens is 258 g/mol. The first-order valence-electron chi connectivity index (χ1n) is 6.52. The standard InChI is InChI=1S/C13H15N5O2/c1-9-3-2-4-10(7-9)14-12(19)8-17-13(20)18(16-15-17)11-5-6-11/h2-4,7,11H,5-6,8H2,1H3,(H,14,19). The molecule has 1 N–H and O–H groups in total. The molecule has 1 aromatic carbocycles. The highest BCUT2D eigenvalue weighted by Gasteiger charge is 2.28. The number of benzene rings is 1. The minimum absolute atomic E-state index is 0.126. The number of nitrogens with one attached hydrogen (secondary N) is 1. The maximum atomic E-state index is 11.9. The minimum atomic E-state index is -0.327. The van der Waals surface area contributed by atoms with Gasteiger partial charge >= 0.3 is 5.69 Å². The lowest BCUT2D eigenvalue weighted by molar-refractivity contribution is -0.117. The Bertz CT molecular complexity index is 699. The summed E-state index contributed by atoms with van der Waals surface area (Å²) in [5, 5.41) is 10.3. The van der Waals surface area contributed by atoms with Crippen LogP contribution in [0.5, 0.6) is 0 Å². The van der Waals surface area contributed by atoms with Crippen LogP contribution in [0.1, 0.15) is 24.4 Å². The topological polar surface area (TPSA) is 81.8 Å². The molecule has 1 fully saturated rings. The van der Waals surface area contributed by atoms with Gasteiger partial charge in [0.25, 0.3) is 0 Å². The fourth-order valence-corrected chi connectivity index (χ4v) is 1.99. The lowest BCUT2D eigenvalue weighted by atomic mass is 10.2. The van der Waals surface area contributed by atoms with Crippen LogP contribution < -0.4 is 11.0 Å². The third-order valence-corrected chi connectivity index (χ3v) is 3.15. The zero-order valence-electron chi connectivity index (χ0n) is 11.1. The van der Waals surface area contributed by atoms with Crippen molar-refractivity contribution in [3.63, 3.8) is 0 Å². The third kappa shape index (κ3) is 2.61. The number of carbonyl (C=O) groups is 1. The van der Waals surface area contributed by atoms with E-state index in [4.69, 9.17) is 0 Å². The van der Waals surface area contributed by atoms with Crippen LogP contribution in [0.2, 0.25) is 0 Å². The first kappa shape index (κ1) is 12.6. The van der Waals surface area contributed by atoms with E-state index in [0.29, 0.717) is 5.69 Å². The Morgan fingerprint density at radius 3 is 2.90 bits per heavy atom. The number of rotatable bonds is 4. The van der Waals surface area contributed by atoms with Gasteiger partial charge in [-0.3, -0.25) is 4.79 Å². The SMILES string of the molecule is Cc1cccc(NC(=O)Cn2nnn(C3CC3)c2=O)c1. The lowest BCUT2D eigenvalue weighted by Crippen LogP contribution is -2.30. The van der Waals surface area contributed by atoms with Crippen LogP contribution in [-0.2, 0) is 11.3 Å². The number of hydrogen-bond donors (Lipinski definition) is 1. The van der Waals surface area contributed by atoms with Gasteiger partial charge in [-0.15, -0.1) is 0 Å². The predicted molar refractivity (Wildman–Crippen MR) is 72.4 cm³/mol. The number of hydrogen-bond acceptors (Lipinski definition) is 4. The van der Waals surface area contributed by atoms with E-state index in [2.05, 4.69) is 15.7 Å². The van der Waals surface area contributed by atoms with Crippen molar-refractivity contribution < 1.29 is 4.79 Å². The second kappa shape index (κ2) is 4.92. The molecule has 0 saturated heterocycles. The van der Waals surface area contributed by atoms with Gasteiger partial charge in [0.2, 0.25) is 5.91 Å². The monoisotopic (exact) mass is 273 g/mol. The first-order valence-corrected chi connectivity index (χ1v) is 6.52. The summed E-state index contributed by atoms with van der Waals surface area (Å²) in [6.45, 7) is 1.82. The summed E-state index contributed by atoms with van der Waals surface area (Å²) in [4.78, 5) is 23.8. The van der Waals surface area contributed by atoms with Crippen LogP contribution >= 0.6 is 0 Å². The van der Waals surface area contributed by atoms with Crippen molar-refractivity contribution in [3.05, 3.63) is 40.3 Å². The zero-order valence-corrected chi connectivity index (χ0v) is 11.1. The van der Waals surface area contributed by atoms with E-state index in [1.54, 1.807) is 6.07 Å². The van der Waals surface area contributed by atoms with Crippen molar-refractivity contribution >= 4 is 11.6 Å². The molecule has 7 heteroatoms. The molecule has 0 aliphatic heterocycles. The maximum absolute atomic E-state index is 11.9. The summed E-state index contributed by atoms with van der Waals surface area (Å²) >= 11 is 0. The van der Waals surface area contributed by atoms with Crippen LogP contribution in [0.3, 0.4) is 0 Å². The van der Waals surface area contributed by atoms with Crippen molar-refractivity contribution in [1.82, 2.24) is 19.8 Å². The molecule has 3 rings (SSSR count). The molecule has 1 aliphatic rings. The van der Waals surface area contributed by atoms with Crippen molar-refractivity contribution in [2.75, 3.05) is 5.32 Å². The number of nitrogens with zero attached hydrogens (tertiary/aromatic N) is 4. The lowest BCUT2D eigenvalue weighted by Gasteiger charge is -2.05. The summed E-state index contributed by atoms with van der Waals surface area (Å²) in [5.41, 5.74) is 1.43. The minimum Gasteiger partial charge on any atom is -0.324 e. The Hall–Kier alpha value is -2.44. The average molecular weight is 273 g/mol. The quantitative estimate of drug-likeness (QED) is 0.890. The summed E-state index contributed by atoms with van der Waals surface area (Å²) in [6, 6.07) is 7.63. The Kier molecular flexibility index (Phi) is 3.09. The molecule has 0 bridgehead atoms. The number of anilines is 1. The van der Waals surface area contributed by atoms with Crippen LogP contribution in [0, 0.1) is 6.92 Å². The fourth-order valence-electron chi connectivity index (χ4n) is 1.99. The Morgan fingerprint density at radius 1 is 1.40 bits per heavy atom. The van der Waals surface area contributed by atoms with E-state index in [1.165, 1.54) is 4.68 Å². The molecule has 0 unspecified atom stereocenters. The molecule has 1 amide bonds. The highest BCUT2D eigenvalue weighted by molar-refractivity contribution is 5.90. The van der Waals surface area contributed by atoms with Gasteiger partial charge < -0.3 is 5.32 Å². The summed E-state index contributed by atoms with van der Waals surface area (Å²) < 4.78 is 2.43. The third-order valence-electron chi connectivity index (χ3n) is 3.15. The van der Waals surface area contributed by atoms with Crippen LogP contribution in [-0.4, -0.2) is 25.7 Å². The normalized spacial score (nSPS) is 14.2. The second-order valence-electron chi connectivity index (χ2n) is 5.01. The smallest absolute Gasteiger partial charge is 0.324 e. The number of carbonyl (C=O) groups excluding carboxylic acids is 1. The molecule has 1 heterocycles. The molecule has 1 aromatic heterocycles. The molecule has 104 valence electrons. The van der Waals surface area contributed by atoms with Crippen molar-refractivity contribution in [1.29, 1.82) is 0 Å². The van der Waals surface area contributed by atoms with E-state index in [-0.39, 0.29) is 24.2 Å². The molecule has 20 heavy (non-hydrogen) atoms. The number of aromatic nitrogens is 4. The van der Waals surface area contributed by atoms with E-state index < -0.39 is 0 Å². The van der Waals surface area contributed by atoms with Crippen LogP contribution in [0.4, 0.5) is 5.69 Å². The molecule has 0 spiro atoms. The van der Waals surface area contributed by atoms with Crippen molar-refractivity contribution in [3.8, 4) is 0 Å². The number of tetrazole rings is 1. The molecule has 0 atom stereocenters. The second-order valence-corrected chi connectivity index (χ2v) is 5.01. The largest absolute Gasteiger partial charge is 0.364 e. The van der Waals surface area contributed by atoms with Gasteiger partial charge in [0.1, 0.15) is 6.54 Å². The molecule has 1 aliphatic carbocycles. The number of aryl methyl sites for hydroxylation is 1. The van der Waals surface area contributed by atoms with E-state index in [1.807, 2.05) is 25.1 Å². The number of amides is 1. The van der Waals surface area contributed by atoms with E-state index in [0.717, 1.165) is 23.1 Å². The van der Waals surface area contributed by atoms with Gasteiger partial charge in [-0.1, -0.05) is 12.1 Å². The Labute approximate surface area is 115 Å². The maximum Gasteiger partial charge on any atom is 0.364 e. The van der Waals surface area contributed by atoms with Crippen LogP contribution in [0.15, 0.2) is 29.1 Å². The average Bonchev–Trinajstić information content (AvgIpc) is 3.17. The highest BCUT2D eigenvalue weighted by Crippen LogP contribution is 2.32. The molecular formula is C13H15N5O2. The summed E-state index contributed by atoms with van der Waals surface area (Å²) in [5.74, 6) is -0.291. The van der Waals surface area contributed by atoms with Gasteiger partial charge in [0.15, 0.2) is 0 Å². The predicted octanol–water partition coefficient (Wildman–Crippen LogP) is 0.722. The van der Waals surface area contributed by atoms with Crippen molar-refractivity contribution in [2.45, 2.75) is 32.4 Å². The van der Waals surface area contributed by atoms with Gasteiger partial charge in [-0.05, 0) is 47.9 Å². The Balaban J connectivity index is 1.68. The Morgan fingerprint density at radius 2 is 2.20 bits per heavy atom. The summed E-state index contributed by atoms with van der Waals surface area (Å²) in [6.07, 6.45) is 1.90. The van der Waals surface area contributed by atoms with Crippen molar-refractivity contribution in [2.24, 2.45) is 0 Å². The molecule has 2 aromatic rings. The van der Waals surface area contributed by atoms with Crippen LogP contribution in [0.25, 0.3) is 0 Å². The molecule has 0 radical (unpaired) electrons. The zero-order chi connectivity index (χ0) is 14.1. The van der Waals surface area contributed by atoms with Gasteiger partial charge in [0.05, 0.1) is 6.04 Å². The van der Waals surface area contributed by atoms with E-state index >= 15 is 0 Å². The van der Waals surface area contributed by atoms with Gasteiger partial charge in [-0.25, -0.2) is 4.79 Å².